The van der Waals surface area contributed by atoms with Crippen LogP contribution in [0.3, 0.4) is 0 Å². The number of nitrogens with zero attached hydrogens (tertiary/aromatic N) is 2. The summed E-state index contributed by atoms with van der Waals surface area (Å²) in [4.78, 5) is 44.6. The molecule has 1 spiro atoms. The van der Waals surface area contributed by atoms with Gasteiger partial charge in [-0.05, 0) is 38.2 Å². The van der Waals surface area contributed by atoms with Gasteiger partial charge in [0.2, 0.25) is 11.8 Å². The van der Waals surface area contributed by atoms with Crippen LogP contribution in [0, 0.1) is 11.8 Å². The second-order valence-corrected chi connectivity index (χ2v) is 10.0. The number of aliphatic hydroxyl groups excluding tert-OH is 1. The summed E-state index contributed by atoms with van der Waals surface area (Å²) in [6.07, 6.45) is 4.46. The summed E-state index contributed by atoms with van der Waals surface area (Å²) in [6.45, 7) is 8.40. The molecule has 0 saturated carbocycles. The average molecular weight is 499 g/mol. The van der Waals surface area contributed by atoms with Crippen molar-refractivity contribution in [2.45, 2.75) is 69.7 Å². The number of unbranched alkanes of at least 4 members (excludes halogenated alkanes) is 1. The van der Waals surface area contributed by atoms with Crippen LogP contribution in [0.2, 0.25) is 0 Å². The number of carbonyl (C=O) groups is 3. The van der Waals surface area contributed by atoms with Crippen molar-refractivity contribution in [1.29, 1.82) is 0 Å². The Kier molecular flexibility index (Phi) is 8.15. The van der Waals surface area contributed by atoms with Crippen LogP contribution in [-0.2, 0) is 30.3 Å². The highest BCUT2D eigenvalue weighted by Gasteiger charge is 2.75. The first-order valence-corrected chi connectivity index (χ1v) is 13.1. The van der Waals surface area contributed by atoms with Gasteiger partial charge in [0.25, 0.3) is 0 Å². The summed E-state index contributed by atoms with van der Waals surface area (Å²) in [5.41, 5.74) is -0.155. The Hall–Kier alpha value is -2.71. The first-order valence-electron chi connectivity index (χ1n) is 13.1. The number of rotatable bonds is 12. The monoisotopic (exact) mass is 498 g/mol. The van der Waals surface area contributed by atoms with E-state index in [1.165, 1.54) is 4.90 Å². The minimum absolute atomic E-state index is 0.208. The average Bonchev–Trinajstić information content (AvgIpc) is 3.53. The number of likely N-dealkylation sites (tertiary alicyclic amines) is 1. The summed E-state index contributed by atoms with van der Waals surface area (Å²) in [5, 5.41) is 10.5. The maximum Gasteiger partial charge on any atom is 0.312 e. The molecule has 0 radical (unpaired) electrons. The number of fused-ring (bicyclic) bond motifs is 1. The molecule has 2 unspecified atom stereocenters. The lowest BCUT2D eigenvalue weighted by atomic mass is 9.70. The molecule has 8 heteroatoms. The van der Waals surface area contributed by atoms with Gasteiger partial charge >= 0.3 is 5.97 Å². The third-order valence-corrected chi connectivity index (χ3v) is 7.89. The van der Waals surface area contributed by atoms with E-state index in [0.717, 1.165) is 18.4 Å². The number of hydrogen-bond donors (Lipinski definition) is 1. The number of aliphatic hydroxyl groups is 1. The fraction of sp³-hybridized carbons (Fsp3) is 0.607. The Bertz CT molecular complexity index is 968. The molecule has 3 saturated heterocycles. The predicted molar refractivity (Wildman–Crippen MR) is 134 cm³/mol. The smallest absolute Gasteiger partial charge is 0.312 e. The molecule has 6 atom stereocenters. The van der Waals surface area contributed by atoms with Crippen LogP contribution in [-0.4, -0.2) is 82.8 Å². The zero-order valence-electron chi connectivity index (χ0n) is 21.3. The van der Waals surface area contributed by atoms with E-state index in [0.29, 0.717) is 32.4 Å². The van der Waals surface area contributed by atoms with Gasteiger partial charge in [0.1, 0.15) is 11.6 Å². The predicted octanol–water partition coefficient (Wildman–Crippen LogP) is 2.34. The summed E-state index contributed by atoms with van der Waals surface area (Å²) in [7, 11) is 0. The SMILES string of the molecule is C=CCN(CCCC)C(=O)C1N([C@@H](CO)Cc2ccccc2)C(=O)[C@@H]2[C@H](C(=O)OCC)[C@@H]3CCC12O3. The molecule has 3 aliphatic rings. The van der Waals surface area contributed by atoms with Gasteiger partial charge < -0.3 is 24.4 Å². The lowest BCUT2D eigenvalue weighted by Crippen LogP contribution is -2.59. The summed E-state index contributed by atoms with van der Waals surface area (Å²) in [6, 6.07) is 8.05. The van der Waals surface area contributed by atoms with Crippen LogP contribution in [0.5, 0.6) is 0 Å². The van der Waals surface area contributed by atoms with Crippen LogP contribution in [0.15, 0.2) is 43.0 Å². The second kappa shape index (κ2) is 11.1. The van der Waals surface area contributed by atoms with Crippen LogP contribution < -0.4 is 0 Å². The molecule has 3 aliphatic heterocycles. The third-order valence-electron chi connectivity index (χ3n) is 7.89. The number of carbonyl (C=O) groups excluding carboxylic acids is 3. The van der Waals surface area contributed by atoms with Crippen molar-refractivity contribution in [3.63, 3.8) is 0 Å². The quantitative estimate of drug-likeness (QED) is 0.351. The minimum Gasteiger partial charge on any atom is -0.466 e. The zero-order chi connectivity index (χ0) is 25.9. The Labute approximate surface area is 213 Å². The number of ether oxygens (including phenoxy) is 2. The highest BCUT2D eigenvalue weighted by Crippen LogP contribution is 2.59. The van der Waals surface area contributed by atoms with Gasteiger partial charge in [0, 0.05) is 13.1 Å². The molecular weight excluding hydrogens is 460 g/mol. The van der Waals surface area contributed by atoms with E-state index in [1.807, 2.05) is 30.3 Å². The summed E-state index contributed by atoms with van der Waals surface area (Å²) in [5.74, 6) is -2.52. The molecule has 3 heterocycles. The van der Waals surface area contributed by atoms with E-state index in [-0.39, 0.29) is 25.0 Å². The van der Waals surface area contributed by atoms with Crippen LogP contribution >= 0.6 is 0 Å². The van der Waals surface area contributed by atoms with Gasteiger partial charge in [0.05, 0.1) is 37.2 Å². The van der Waals surface area contributed by atoms with Crippen molar-refractivity contribution in [2.24, 2.45) is 11.8 Å². The largest absolute Gasteiger partial charge is 0.466 e. The Balaban J connectivity index is 1.76. The van der Waals surface area contributed by atoms with Gasteiger partial charge in [-0.2, -0.15) is 0 Å². The van der Waals surface area contributed by atoms with Crippen LogP contribution in [0.4, 0.5) is 0 Å². The van der Waals surface area contributed by atoms with E-state index in [4.69, 9.17) is 9.47 Å². The van der Waals surface area contributed by atoms with E-state index in [9.17, 15) is 19.5 Å². The molecule has 36 heavy (non-hydrogen) atoms. The maximum absolute atomic E-state index is 14.2. The standard InChI is InChI=1S/C28H38N2O6/c1-4-7-16-29(15-5-2)26(33)24-28-14-13-21(36-28)22(27(34)35-6-3)23(28)25(32)30(24)20(18-31)17-19-11-9-8-10-12-19/h5,8-12,20-24,31H,2,4,6-7,13-18H2,1,3H3/t20-,21+,22-,23+,24?,28?/m1/s1. The maximum atomic E-state index is 14.2. The number of hydrogen-bond acceptors (Lipinski definition) is 6. The Morgan fingerprint density at radius 2 is 2.08 bits per heavy atom. The van der Waals surface area contributed by atoms with Gasteiger partial charge in [-0.25, -0.2) is 0 Å². The van der Waals surface area contributed by atoms with Gasteiger partial charge in [0.15, 0.2) is 0 Å². The second-order valence-electron chi connectivity index (χ2n) is 10.0. The Morgan fingerprint density at radius 3 is 2.72 bits per heavy atom. The summed E-state index contributed by atoms with van der Waals surface area (Å²) >= 11 is 0. The molecule has 3 fully saturated rings. The molecule has 1 aromatic rings. The number of benzene rings is 1. The van der Waals surface area contributed by atoms with Crippen molar-refractivity contribution < 1.29 is 29.0 Å². The van der Waals surface area contributed by atoms with E-state index in [1.54, 1.807) is 17.9 Å². The zero-order valence-corrected chi connectivity index (χ0v) is 21.3. The highest BCUT2D eigenvalue weighted by atomic mass is 16.6. The lowest BCUT2D eigenvalue weighted by molar-refractivity contribution is -0.156. The van der Waals surface area contributed by atoms with Gasteiger partial charge in [-0.3, -0.25) is 14.4 Å². The molecule has 0 aromatic heterocycles. The molecule has 2 bridgehead atoms. The molecule has 2 amide bonds. The van der Waals surface area contributed by atoms with E-state index < -0.39 is 41.6 Å². The Morgan fingerprint density at radius 1 is 1.33 bits per heavy atom. The van der Waals surface area contributed by atoms with Gasteiger partial charge in [-0.1, -0.05) is 49.8 Å². The van der Waals surface area contributed by atoms with Crippen molar-refractivity contribution in [1.82, 2.24) is 9.80 Å². The normalized spacial score (nSPS) is 29.2. The van der Waals surface area contributed by atoms with Crippen molar-refractivity contribution >= 4 is 17.8 Å². The fourth-order valence-corrected chi connectivity index (χ4v) is 6.38. The van der Waals surface area contributed by atoms with Crippen molar-refractivity contribution in [2.75, 3.05) is 26.3 Å². The van der Waals surface area contributed by atoms with Crippen molar-refractivity contribution in [3.05, 3.63) is 48.6 Å². The van der Waals surface area contributed by atoms with E-state index >= 15 is 0 Å². The first-order chi connectivity index (χ1) is 17.4. The minimum atomic E-state index is -1.11. The molecule has 0 aliphatic carbocycles. The topological polar surface area (TPSA) is 96.4 Å². The van der Waals surface area contributed by atoms with Crippen LogP contribution in [0.1, 0.15) is 45.1 Å². The molecule has 1 N–H and O–H groups in total. The number of esters is 1. The number of amides is 2. The molecule has 196 valence electrons. The van der Waals surface area contributed by atoms with Crippen LogP contribution in [0.25, 0.3) is 0 Å². The molecular formula is C28H38N2O6. The lowest BCUT2D eigenvalue weighted by Gasteiger charge is -2.39. The van der Waals surface area contributed by atoms with Gasteiger partial charge in [-0.15, -0.1) is 6.58 Å². The molecule has 8 nitrogen and oxygen atoms in total. The van der Waals surface area contributed by atoms with E-state index in [2.05, 4.69) is 13.5 Å². The summed E-state index contributed by atoms with van der Waals surface area (Å²) < 4.78 is 11.8. The third kappa shape index (κ3) is 4.45. The highest BCUT2D eigenvalue weighted by molar-refractivity contribution is 5.98. The fourth-order valence-electron chi connectivity index (χ4n) is 6.38. The molecule has 4 rings (SSSR count). The molecule has 1 aromatic carbocycles. The van der Waals surface area contributed by atoms with Crippen molar-refractivity contribution in [3.8, 4) is 0 Å². The first kappa shape index (κ1) is 26.4.